The van der Waals surface area contributed by atoms with Crippen LogP contribution in [0.1, 0.15) is 21.7 Å². The molecule has 106 valence electrons. The zero-order chi connectivity index (χ0) is 14.8. The van der Waals surface area contributed by atoms with Crippen LogP contribution >= 0.6 is 11.8 Å². The van der Waals surface area contributed by atoms with Crippen molar-refractivity contribution in [2.45, 2.75) is 6.92 Å². The summed E-state index contributed by atoms with van der Waals surface area (Å²) in [6.07, 6.45) is 3.52. The number of aryl methyl sites for hydroxylation is 1. The largest absolute Gasteiger partial charge is 0.443 e. The van der Waals surface area contributed by atoms with Crippen molar-refractivity contribution in [1.82, 2.24) is 9.88 Å². The Morgan fingerprint density at radius 2 is 2.29 bits per heavy atom. The summed E-state index contributed by atoms with van der Waals surface area (Å²) in [6, 6.07) is 5.70. The zero-order valence-electron chi connectivity index (χ0n) is 11.3. The molecule has 2 aromatic heterocycles. The molecule has 0 radical (unpaired) electrons. The first-order valence-corrected chi connectivity index (χ1v) is 7.34. The third-order valence-electron chi connectivity index (χ3n) is 3.05. The minimum atomic E-state index is -0.362. The van der Waals surface area contributed by atoms with E-state index in [2.05, 4.69) is 16.4 Å². The minimum absolute atomic E-state index is 0.227. The average molecular weight is 300 g/mol. The molecule has 0 bridgehead atoms. The van der Waals surface area contributed by atoms with Gasteiger partial charge in [-0.2, -0.15) is 5.26 Å². The fraction of sp³-hybridized carbons (Fsp3) is 0.214. The molecule has 1 amide bonds. The van der Waals surface area contributed by atoms with Crippen LogP contribution in [0.4, 0.5) is 0 Å². The third kappa shape index (κ3) is 2.45. The first-order chi connectivity index (χ1) is 10.2. The second kappa shape index (κ2) is 5.50. The van der Waals surface area contributed by atoms with E-state index in [9.17, 15) is 10.1 Å². The van der Waals surface area contributed by atoms with Crippen LogP contribution in [0.2, 0.25) is 0 Å². The molecule has 1 aliphatic heterocycles. The second-order valence-electron chi connectivity index (χ2n) is 4.40. The van der Waals surface area contributed by atoms with E-state index in [0.29, 0.717) is 23.4 Å². The van der Waals surface area contributed by atoms with E-state index in [4.69, 9.17) is 4.42 Å². The van der Waals surface area contributed by atoms with Gasteiger partial charge < -0.3 is 9.73 Å². The number of rotatable bonds is 2. The molecule has 0 fully saturated rings. The summed E-state index contributed by atoms with van der Waals surface area (Å²) < 4.78 is 7.27. The Morgan fingerprint density at radius 1 is 1.52 bits per heavy atom. The van der Waals surface area contributed by atoms with Crippen molar-refractivity contribution in [2.75, 3.05) is 12.3 Å². The van der Waals surface area contributed by atoms with E-state index in [1.54, 1.807) is 23.9 Å². The molecule has 21 heavy (non-hydrogen) atoms. The van der Waals surface area contributed by atoms with E-state index in [-0.39, 0.29) is 17.0 Å². The summed E-state index contributed by atoms with van der Waals surface area (Å²) in [5.41, 5.74) is 0.487. The predicted octanol–water partition coefficient (Wildman–Crippen LogP) is 2.08. The number of hydrogen-bond donors (Lipinski definition) is 1. The number of nitrogens with one attached hydrogen (secondary N) is 1. The lowest BCUT2D eigenvalue weighted by atomic mass is 10.1. The van der Waals surface area contributed by atoms with Crippen molar-refractivity contribution < 1.29 is 9.21 Å². The normalized spacial score (nSPS) is 13.8. The van der Waals surface area contributed by atoms with Crippen LogP contribution in [0.25, 0.3) is 5.88 Å². The first kappa shape index (κ1) is 13.5. The van der Waals surface area contributed by atoms with Crippen LogP contribution in [0.5, 0.6) is 0 Å². The predicted molar refractivity (Wildman–Crippen MR) is 79.7 cm³/mol. The molecule has 3 heterocycles. The maximum atomic E-state index is 12.4. The SMILES string of the molecule is Cc1oc(-n2cccc2)c(C#N)c1C(=O)NC1=NCCS1. The van der Waals surface area contributed by atoms with Crippen molar-refractivity contribution in [2.24, 2.45) is 4.99 Å². The van der Waals surface area contributed by atoms with Gasteiger partial charge in [-0.25, -0.2) is 0 Å². The van der Waals surface area contributed by atoms with Crippen LogP contribution in [0.15, 0.2) is 33.9 Å². The fourth-order valence-electron chi connectivity index (χ4n) is 2.13. The molecule has 3 rings (SSSR count). The molecule has 1 aliphatic rings. The number of carbonyl (C=O) groups excluding carboxylic acids is 1. The average Bonchev–Trinajstić information content (AvgIpc) is 3.17. The van der Waals surface area contributed by atoms with Crippen LogP contribution in [0, 0.1) is 18.3 Å². The van der Waals surface area contributed by atoms with E-state index in [0.717, 1.165) is 5.75 Å². The fourth-order valence-corrected chi connectivity index (χ4v) is 2.85. The summed E-state index contributed by atoms with van der Waals surface area (Å²) in [5, 5.41) is 12.7. The Labute approximate surface area is 125 Å². The van der Waals surface area contributed by atoms with Gasteiger partial charge in [0.1, 0.15) is 23.0 Å². The molecular weight excluding hydrogens is 288 g/mol. The number of carbonyl (C=O) groups is 1. The number of furan rings is 1. The Balaban J connectivity index is 1.98. The number of thioether (sulfide) groups is 1. The van der Waals surface area contributed by atoms with Crippen molar-refractivity contribution in [3.63, 3.8) is 0 Å². The molecule has 0 aromatic carbocycles. The number of amides is 1. The lowest BCUT2D eigenvalue weighted by molar-refractivity contribution is 0.0976. The van der Waals surface area contributed by atoms with Gasteiger partial charge in [0, 0.05) is 18.1 Å². The molecule has 0 saturated heterocycles. The van der Waals surface area contributed by atoms with Crippen LogP contribution in [-0.2, 0) is 0 Å². The lowest BCUT2D eigenvalue weighted by Gasteiger charge is -2.03. The van der Waals surface area contributed by atoms with Gasteiger partial charge in [0.25, 0.3) is 5.91 Å². The highest BCUT2D eigenvalue weighted by molar-refractivity contribution is 8.14. The monoisotopic (exact) mass is 300 g/mol. The number of nitriles is 1. The number of nitrogens with zero attached hydrogens (tertiary/aromatic N) is 3. The molecular formula is C14H12N4O2S. The van der Waals surface area contributed by atoms with E-state index < -0.39 is 0 Å². The molecule has 0 atom stereocenters. The van der Waals surface area contributed by atoms with Gasteiger partial charge >= 0.3 is 0 Å². The topological polar surface area (TPSA) is 83.3 Å². The minimum Gasteiger partial charge on any atom is -0.443 e. The zero-order valence-corrected chi connectivity index (χ0v) is 12.1. The highest BCUT2D eigenvalue weighted by Crippen LogP contribution is 2.25. The number of amidine groups is 1. The summed E-state index contributed by atoms with van der Waals surface area (Å²) >= 11 is 1.49. The highest BCUT2D eigenvalue weighted by atomic mass is 32.2. The molecule has 0 aliphatic carbocycles. The van der Waals surface area contributed by atoms with Crippen LogP contribution in [0.3, 0.4) is 0 Å². The molecule has 2 aromatic rings. The lowest BCUT2D eigenvalue weighted by Crippen LogP contribution is -2.28. The molecule has 0 saturated carbocycles. The Bertz CT molecular complexity index is 753. The van der Waals surface area contributed by atoms with Gasteiger partial charge in [-0.15, -0.1) is 0 Å². The number of aliphatic imine (C=N–C) groups is 1. The second-order valence-corrected chi connectivity index (χ2v) is 5.49. The van der Waals surface area contributed by atoms with Crippen molar-refractivity contribution in [1.29, 1.82) is 5.26 Å². The molecule has 1 N–H and O–H groups in total. The molecule has 0 unspecified atom stereocenters. The van der Waals surface area contributed by atoms with Gasteiger partial charge in [0.15, 0.2) is 5.17 Å². The first-order valence-electron chi connectivity index (χ1n) is 6.36. The van der Waals surface area contributed by atoms with Gasteiger partial charge in [-0.05, 0) is 19.1 Å². The van der Waals surface area contributed by atoms with E-state index in [1.807, 2.05) is 12.1 Å². The third-order valence-corrected chi connectivity index (χ3v) is 3.94. The highest BCUT2D eigenvalue weighted by Gasteiger charge is 2.25. The molecule has 7 heteroatoms. The summed E-state index contributed by atoms with van der Waals surface area (Å²) in [6.45, 7) is 2.37. The van der Waals surface area contributed by atoms with Gasteiger partial charge in [-0.1, -0.05) is 11.8 Å². The maximum Gasteiger partial charge on any atom is 0.262 e. The summed E-state index contributed by atoms with van der Waals surface area (Å²) in [4.78, 5) is 16.5. The quantitative estimate of drug-likeness (QED) is 0.920. The van der Waals surface area contributed by atoms with Crippen LogP contribution < -0.4 is 5.32 Å². The van der Waals surface area contributed by atoms with E-state index >= 15 is 0 Å². The van der Waals surface area contributed by atoms with Gasteiger partial charge in [0.2, 0.25) is 5.88 Å². The van der Waals surface area contributed by atoms with E-state index in [1.165, 1.54) is 11.8 Å². The Kier molecular flexibility index (Phi) is 3.54. The number of aromatic nitrogens is 1. The number of hydrogen-bond acceptors (Lipinski definition) is 5. The van der Waals surface area contributed by atoms with Gasteiger partial charge in [-0.3, -0.25) is 14.4 Å². The van der Waals surface area contributed by atoms with Gasteiger partial charge in [0.05, 0.1) is 6.54 Å². The summed E-state index contributed by atoms with van der Waals surface area (Å²) in [7, 11) is 0. The molecule has 6 nitrogen and oxygen atoms in total. The maximum absolute atomic E-state index is 12.4. The van der Waals surface area contributed by atoms with Crippen molar-refractivity contribution >= 4 is 22.8 Å². The standard InChI is InChI=1S/C14H12N4O2S/c1-9-11(12(19)17-14-16-4-7-21-14)10(8-15)13(20-9)18-5-2-3-6-18/h2-3,5-6H,4,7H2,1H3,(H,16,17,19). The van der Waals surface area contributed by atoms with Crippen LogP contribution in [-0.4, -0.2) is 27.9 Å². The Morgan fingerprint density at radius 3 is 2.90 bits per heavy atom. The Hall–Kier alpha value is -2.46. The molecule has 0 spiro atoms. The summed E-state index contributed by atoms with van der Waals surface area (Å²) in [5.74, 6) is 1.27. The van der Waals surface area contributed by atoms with Crippen molar-refractivity contribution in [3.8, 4) is 12.0 Å². The smallest absolute Gasteiger partial charge is 0.262 e. The van der Waals surface area contributed by atoms with Crippen molar-refractivity contribution in [3.05, 3.63) is 41.4 Å².